The maximum Gasteiger partial charge on any atom is 0.314 e. The second-order valence-electron chi connectivity index (χ2n) is 11.1. The third-order valence-electron chi connectivity index (χ3n) is 8.10. The van der Waals surface area contributed by atoms with Gasteiger partial charge < -0.3 is 15.4 Å². The highest BCUT2D eigenvalue weighted by Gasteiger charge is 2.49. The molecule has 1 aliphatic heterocycles. The summed E-state index contributed by atoms with van der Waals surface area (Å²) in [5.74, 6) is 2.62. The van der Waals surface area contributed by atoms with Gasteiger partial charge in [0.2, 0.25) is 5.95 Å². The lowest BCUT2D eigenvalue weighted by molar-refractivity contribution is -0.312. The van der Waals surface area contributed by atoms with Crippen molar-refractivity contribution in [2.24, 2.45) is 17.8 Å². The van der Waals surface area contributed by atoms with E-state index in [0.29, 0.717) is 18.5 Å². The van der Waals surface area contributed by atoms with Crippen LogP contribution in [0.4, 0.5) is 17.5 Å². The molecule has 3 aromatic rings. The number of benzene rings is 1. The molecule has 4 unspecified atom stereocenters. The van der Waals surface area contributed by atoms with Gasteiger partial charge in [0.15, 0.2) is 0 Å². The van der Waals surface area contributed by atoms with Gasteiger partial charge in [-0.25, -0.2) is 9.78 Å². The summed E-state index contributed by atoms with van der Waals surface area (Å²) in [6, 6.07) is 9.96. The zero-order valence-electron chi connectivity index (χ0n) is 21.4. The number of fused-ring (bicyclic) bond motifs is 3. The van der Waals surface area contributed by atoms with E-state index >= 15 is 0 Å². The summed E-state index contributed by atoms with van der Waals surface area (Å²) in [5, 5.41) is 8.98. The van der Waals surface area contributed by atoms with Crippen LogP contribution >= 0.6 is 11.3 Å². The van der Waals surface area contributed by atoms with Crippen LogP contribution in [0.5, 0.6) is 5.75 Å². The van der Waals surface area contributed by atoms with Gasteiger partial charge in [-0.05, 0) is 93.7 Å². The minimum atomic E-state index is -0.112. The smallest absolute Gasteiger partial charge is 0.314 e. The number of hydrogen-bond donors (Lipinski definition) is 3. The van der Waals surface area contributed by atoms with Gasteiger partial charge in [-0.3, -0.25) is 10.6 Å². The molecule has 0 radical (unpaired) electrons. The molecule has 2 aromatic heterocycles. The van der Waals surface area contributed by atoms with Crippen molar-refractivity contribution in [3.05, 3.63) is 47.9 Å². The van der Waals surface area contributed by atoms with Crippen molar-refractivity contribution >= 4 is 44.9 Å². The van der Waals surface area contributed by atoms with Gasteiger partial charge in [0.05, 0.1) is 16.3 Å². The van der Waals surface area contributed by atoms with Crippen molar-refractivity contribution in [1.29, 1.82) is 0 Å². The number of nitrogens with zero attached hydrogens (tertiary/aromatic N) is 3. The summed E-state index contributed by atoms with van der Waals surface area (Å²) in [6.45, 7) is 7.45. The number of ether oxygens (including phenoxy) is 1. The van der Waals surface area contributed by atoms with Crippen LogP contribution < -0.4 is 21.1 Å². The first kappa shape index (κ1) is 24.3. The predicted molar refractivity (Wildman–Crippen MR) is 147 cm³/mol. The lowest BCUT2D eigenvalue weighted by Gasteiger charge is -2.35. The summed E-state index contributed by atoms with van der Waals surface area (Å²) < 4.78 is 7.13. The summed E-state index contributed by atoms with van der Waals surface area (Å²) in [6.07, 6.45) is 7.94. The molecule has 9 heteroatoms. The van der Waals surface area contributed by atoms with Gasteiger partial charge in [0.1, 0.15) is 24.1 Å². The number of quaternary nitrogens is 1. The van der Waals surface area contributed by atoms with E-state index in [-0.39, 0.29) is 29.3 Å². The molecule has 2 bridgehead atoms. The Kier molecular flexibility index (Phi) is 6.38. The van der Waals surface area contributed by atoms with E-state index in [1.807, 2.05) is 35.7 Å². The van der Waals surface area contributed by atoms with Crippen molar-refractivity contribution in [3.63, 3.8) is 0 Å². The van der Waals surface area contributed by atoms with E-state index < -0.39 is 0 Å². The molecule has 5 N–H and O–H groups in total. The van der Waals surface area contributed by atoms with Crippen LogP contribution in [0.3, 0.4) is 0 Å². The summed E-state index contributed by atoms with van der Waals surface area (Å²) in [7, 11) is 0. The van der Waals surface area contributed by atoms with Crippen LogP contribution in [0.25, 0.3) is 10.2 Å². The fraction of sp³-hybridized carbons (Fsp3) is 0.464. The Morgan fingerprint density at radius 2 is 1.89 bits per heavy atom. The largest absolute Gasteiger partial charge is 0.492 e. The molecule has 1 aromatic carbocycles. The first-order valence-electron chi connectivity index (χ1n) is 13.2. The lowest BCUT2D eigenvalue weighted by atomic mass is 9.88. The van der Waals surface area contributed by atoms with Crippen LogP contribution in [-0.4, -0.2) is 52.1 Å². The molecule has 3 heterocycles. The van der Waals surface area contributed by atoms with E-state index in [9.17, 15) is 4.79 Å². The highest BCUT2D eigenvalue weighted by molar-refractivity contribution is 7.17. The van der Waals surface area contributed by atoms with Gasteiger partial charge in [0, 0.05) is 11.2 Å². The minimum absolute atomic E-state index is 0.00435. The quantitative estimate of drug-likeness (QED) is 0.366. The first-order valence-corrected chi connectivity index (χ1v) is 14.1. The monoisotopic (exact) mass is 519 g/mol. The van der Waals surface area contributed by atoms with Gasteiger partial charge in [-0.15, -0.1) is 11.3 Å². The zero-order chi connectivity index (χ0) is 25.6. The average molecular weight is 520 g/mol. The molecule has 2 fully saturated rings. The lowest BCUT2D eigenvalue weighted by Crippen LogP contribution is -2.63. The first-order chi connectivity index (χ1) is 17.9. The predicted octanol–water partition coefficient (Wildman–Crippen LogP) is 4.06. The van der Waals surface area contributed by atoms with Crippen LogP contribution in [0.1, 0.15) is 33.1 Å². The number of carbonyl (C=O) groups is 1. The van der Waals surface area contributed by atoms with E-state index in [1.165, 1.54) is 12.8 Å². The average Bonchev–Trinajstić information content (AvgIpc) is 3.68. The molecule has 1 amide bonds. The molecule has 4 atom stereocenters. The van der Waals surface area contributed by atoms with Crippen molar-refractivity contribution in [2.45, 2.75) is 44.7 Å². The van der Waals surface area contributed by atoms with E-state index in [1.54, 1.807) is 11.3 Å². The summed E-state index contributed by atoms with van der Waals surface area (Å²) in [4.78, 5) is 24.4. The van der Waals surface area contributed by atoms with Crippen molar-refractivity contribution in [2.75, 3.05) is 30.3 Å². The molecule has 1 saturated heterocycles. The molecule has 194 valence electrons. The number of likely N-dealkylation sites (tertiary alicyclic amines) is 1. The minimum Gasteiger partial charge on any atom is -0.492 e. The molecular formula is C28H35N6O2S+. The standard InChI is InChI=1S/C28H34N6O2S/c1-28(2,34-12-3-4-13-34)16-36-20-9-7-19(8-10-20)30-27-31-21-11-14-37-24(21)26(33-27)32-23-18-6-5-17(15-18)22(23)25(29)35/h5-11,14,17-18,22-23H,3-4,12-13,15-16H2,1-2H3,(H2,29,35)(H2,30,31,32,33)/p+1. The molecule has 0 spiro atoms. The highest BCUT2D eigenvalue weighted by atomic mass is 32.1. The Balaban J connectivity index is 1.16. The molecular weight excluding hydrogens is 484 g/mol. The van der Waals surface area contributed by atoms with E-state index in [2.05, 4.69) is 47.3 Å². The number of allylic oxidation sites excluding steroid dienone is 1. The van der Waals surface area contributed by atoms with Gasteiger partial charge >= 0.3 is 5.91 Å². The number of anilines is 3. The summed E-state index contributed by atoms with van der Waals surface area (Å²) in [5.41, 5.74) is 5.53. The number of hydrogen-bond acceptors (Lipinski definition) is 8. The second-order valence-corrected chi connectivity index (χ2v) is 12.0. The molecule has 2 aliphatic carbocycles. The normalized spacial score (nSPS) is 25.2. The number of aromatic nitrogens is 2. The molecule has 1 saturated carbocycles. The van der Waals surface area contributed by atoms with E-state index in [4.69, 9.17) is 14.7 Å². The van der Waals surface area contributed by atoms with Crippen LogP contribution in [0, 0.1) is 17.8 Å². The number of carbonyl (C=O) groups excluding carboxylic acids is 1. The highest BCUT2D eigenvalue weighted by Crippen LogP contribution is 2.45. The SMILES string of the molecule is CC(C)(COc1ccc(Nc2nc(NC3C4C=CC(C4)C3C([NH3+])=O)c3sccc3n2)cc1)N1CCCC1. The molecule has 3 aliphatic rings. The maximum atomic E-state index is 12.3. The molecule has 6 rings (SSSR count). The molecule has 8 nitrogen and oxygen atoms in total. The van der Waals surface area contributed by atoms with Crippen LogP contribution in [0.15, 0.2) is 47.9 Å². The Morgan fingerprint density at radius 3 is 2.65 bits per heavy atom. The van der Waals surface area contributed by atoms with Crippen LogP contribution in [0.2, 0.25) is 0 Å². The van der Waals surface area contributed by atoms with Crippen molar-refractivity contribution < 1.29 is 15.3 Å². The van der Waals surface area contributed by atoms with Gasteiger partial charge in [0.25, 0.3) is 0 Å². The van der Waals surface area contributed by atoms with Crippen molar-refractivity contribution in [1.82, 2.24) is 14.9 Å². The number of rotatable bonds is 9. The maximum absolute atomic E-state index is 12.3. The Labute approximate surface area is 221 Å². The number of thiophene rings is 1. The Hall–Kier alpha value is -3.01. The number of amides is 1. The van der Waals surface area contributed by atoms with Gasteiger partial charge in [-0.1, -0.05) is 12.2 Å². The van der Waals surface area contributed by atoms with E-state index in [0.717, 1.165) is 47.0 Å². The zero-order valence-corrected chi connectivity index (χ0v) is 22.3. The Morgan fingerprint density at radius 1 is 1.14 bits per heavy atom. The topological polar surface area (TPSA) is 107 Å². The second kappa shape index (κ2) is 9.70. The van der Waals surface area contributed by atoms with Crippen molar-refractivity contribution in [3.8, 4) is 5.75 Å². The fourth-order valence-electron chi connectivity index (χ4n) is 6.07. The van der Waals surface area contributed by atoms with Gasteiger partial charge in [-0.2, -0.15) is 4.98 Å². The number of nitrogens with one attached hydrogen (secondary N) is 2. The van der Waals surface area contributed by atoms with Crippen LogP contribution in [-0.2, 0) is 4.79 Å². The summed E-state index contributed by atoms with van der Waals surface area (Å²) >= 11 is 1.61. The molecule has 37 heavy (non-hydrogen) atoms. The third kappa shape index (κ3) is 4.83. The fourth-order valence-corrected chi connectivity index (χ4v) is 6.85. The Bertz CT molecular complexity index is 1310. The third-order valence-corrected chi connectivity index (χ3v) is 9.01.